The number of nitrogens with one attached hydrogen (secondary N) is 1. The summed E-state index contributed by atoms with van der Waals surface area (Å²) in [6, 6.07) is 6.36. The van der Waals surface area contributed by atoms with Crippen LogP contribution >= 0.6 is 11.3 Å². The van der Waals surface area contributed by atoms with Crippen molar-refractivity contribution in [2.24, 2.45) is 0 Å². The molecule has 0 atom stereocenters. The fourth-order valence-electron chi connectivity index (χ4n) is 1.78. The summed E-state index contributed by atoms with van der Waals surface area (Å²) in [4.78, 5) is 4.25. The molecule has 0 amide bonds. The van der Waals surface area contributed by atoms with Crippen molar-refractivity contribution in [3.63, 3.8) is 0 Å². The molecule has 1 fully saturated rings. The Morgan fingerprint density at radius 2 is 2.31 bits per heavy atom. The zero-order valence-corrected chi connectivity index (χ0v) is 10.1. The molecule has 1 aromatic heterocycles. The number of fused-ring (bicyclic) bond motifs is 1. The molecular formula is C12H15N3S. The van der Waals surface area contributed by atoms with Crippen molar-refractivity contribution in [1.82, 2.24) is 10.3 Å². The zero-order chi connectivity index (χ0) is 11.2. The molecule has 4 heteroatoms. The molecule has 1 aromatic carbocycles. The number of hydrogen-bond acceptors (Lipinski definition) is 4. The van der Waals surface area contributed by atoms with Crippen LogP contribution in [0.2, 0.25) is 0 Å². The van der Waals surface area contributed by atoms with Gasteiger partial charge in [-0.1, -0.05) is 17.4 Å². The molecule has 3 rings (SSSR count). The van der Waals surface area contributed by atoms with Gasteiger partial charge in [0.05, 0.1) is 10.2 Å². The first kappa shape index (κ1) is 10.1. The molecular weight excluding hydrogens is 218 g/mol. The van der Waals surface area contributed by atoms with Crippen LogP contribution in [0.25, 0.3) is 10.2 Å². The van der Waals surface area contributed by atoms with Crippen LogP contribution in [0.15, 0.2) is 18.2 Å². The normalized spacial score (nSPS) is 17.8. The molecule has 3 nitrogen and oxygen atoms in total. The molecule has 1 heterocycles. The quantitative estimate of drug-likeness (QED) is 0.856. The second-order valence-corrected chi connectivity index (χ2v) is 5.83. The number of nitrogens with zero attached hydrogens (tertiary/aromatic N) is 1. The van der Waals surface area contributed by atoms with E-state index in [0.717, 1.165) is 12.1 Å². The molecule has 1 aliphatic carbocycles. The van der Waals surface area contributed by atoms with Gasteiger partial charge in [0.1, 0.15) is 0 Å². The first-order chi connectivity index (χ1) is 7.65. The summed E-state index contributed by atoms with van der Waals surface area (Å²) in [5, 5.41) is 4.22. The first-order valence-corrected chi connectivity index (χ1v) is 6.36. The standard InChI is InChI=1S/C12H15N3S/c1-12(4-5-12)14-7-8-2-3-9-10(6-8)16-11(13)15-9/h2-3,6,14H,4-5,7H2,1H3,(H2,13,15). The lowest BCUT2D eigenvalue weighted by Gasteiger charge is -2.10. The van der Waals surface area contributed by atoms with Gasteiger partial charge in [0.25, 0.3) is 0 Å². The molecule has 0 saturated heterocycles. The predicted molar refractivity (Wildman–Crippen MR) is 68.5 cm³/mol. The van der Waals surface area contributed by atoms with Crippen molar-refractivity contribution in [3.8, 4) is 0 Å². The maximum Gasteiger partial charge on any atom is 0.181 e. The van der Waals surface area contributed by atoms with Crippen LogP contribution in [0.4, 0.5) is 5.13 Å². The smallest absolute Gasteiger partial charge is 0.181 e. The van der Waals surface area contributed by atoms with E-state index in [4.69, 9.17) is 5.73 Å². The van der Waals surface area contributed by atoms with Crippen LogP contribution in [0, 0.1) is 0 Å². The molecule has 0 aliphatic heterocycles. The molecule has 2 aromatic rings. The van der Waals surface area contributed by atoms with E-state index in [0.29, 0.717) is 10.7 Å². The monoisotopic (exact) mass is 233 g/mol. The van der Waals surface area contributed by atoms with Crippen molar-refractivity contribution >= 4 is 26.7 Å². The second kappa shape index (κ2) is 3.43. The maximum atomic E-state index is 5.69. The van der Waals surface area contributed by atoms with E-state index in [1.165, 1.54) is 23.1 Å². The van der Waals surface area contributed by atoms with Crippen LogP contribution in [0.1, 0.15) is 25.3 Å². The van der Waals surface area contributed by atoms with Crippen molar-refractivity contribution < 1.29 is 0 Å². The molecule has 0 bridgehead atoms. The lowest BCUT2D eigenvalue weighted by molar-refractivity contribution is 0.538. The van der Waals surface area contributed by atoms with Crippen molar-refractivity contribution in [2.75, 3.05) is 5.73 Å². The third-order valence-electron chi connectivity index (χ3n) is 3.19. The summed E-state index contributed by atoms with van der Waals surface area (Å²) < 4.78 is 1.18. The number of nitrogen functional groups attached to an aromatic ring is 1. The van der Waals surface area contributed by atoms with Crippen LogP contribution in [0.5, 0.6) is 0 Å². The Morgan fingerprint density at radius 3 is 3.06 bits per heavy atom. The molecule has 3 N–H and O–H groups in total. The lowest BCUT2D eigenvalue weighted by Crippen LogP contribution is -2.26. The summed E-state index contributed by atoms with van der Waals surface area (Å²) in [5.74, 6) is 0. The summed E-state index contributed by atoms with van der Waals surface area (Å²) in [6.45, 7) is 3.21. The fraction of sp³-hybridized carbons (Fsp3) is 0.417. The van der Waals surface area contributed by atoms with Gasteiger partial charge in [-0.2, -0.15) is 0 Å². The molecule has 1 saturated carbocycles. The number of thiazole rings is 1. The summed E-state index contributed by atoms with van der Waals surface area (Å²) in [7, 11) is 0. The van der Waals surface area contributed by atoms with Crippen LogP contribution < -0.4 is 11.1 Å². The van der Waals surface area contributed by atoms with Crippen molar-refractivity contribution in [1.29, 1.82) is 0 Å². The Kier molecular flexibility index (Phi) is 2.16. The third kappa shape index (κ3) is 1.90. The molecule has 16 heavy (non-hydrogen) atoms. The Labute approximate surface area is 98.7 Å². The summed E-state index contributed by atoms with van der Waals surface area (Å²) in [6.07, 6.45) is 2.59. The minimum Gasteiger partial charge on any atom is -0.375 e. The molecule has 0 spiro atoms. The number of aromatic nitrogens is 1. The summed E-state index contributed by atoms with van der Waals surface area (Å²) >= 11 is 1.55. The van der Waals surface area contributed by atoms with Crippen LogP contribution in [-0.2, 0) is 6.54 Å². The highest BCUT2D eigenvalue weighted by molar-refractivity contribution is 7.22. The molecule has 0 radical (unpaired) electrons. The number of nitrogens with two attached hydrogens (primary N) is 1. The fourth-order valence-corrected chi connectivity index (χ4v) is 2.57. The average Bonchev–Trinajstić information content (AvgIpc) is 2.87. The first-order valence-electron chi connectivity index (χ1n) is 5.55. The van der Waals surface area contributed by atoms with Gasteiger partial charge in [0, 0.05) is 12.1 Å². The number of benzene rings is 1. The third-order valence-corrected chi connectivity index (χ3v) is 4.04. The lowest BCUT2D eigenvalue weighted by atomic mass is 10.2. The topological polar surface area (TPSA) is 50.9 Å². The van der Waals surface area contributed by atoms with Gasteiger partial charge in [-0.05, 0) is 37.5 Å². The highest BCUT2D eigenvalue weighted by Gasteiger charge is 2.36. The van der Waals surface area contributed by atoms with Crippen molar-refractivity contribution in [2.45, 2.75) is 31.8 Å². The Hall–Kier alpha value is -1.13. The minimum atomic E-state index is 0.391. The van der Waals surface area contributed by atoms with E-state index in [-0.39, 0.29) is 0 Å². The van der Waals surface area contributed by atoms with E-state index in [1.54, 1.807) is 11.3 Å². The van der Waals surface area contributed by atoms with E-state index in [9.17, 15) is 0 Å². The molecule has 0 unspecified atom stereocenters. The minimum absolute atomic E-state index is 0.391. The Bertz CT molecular complexity index is 528. The van der Waals surface area contributed by atoms with Gasteiger partial charge in [0.2, 0.25) is 0 Å². The summed E-state index contributed by atoms with van der Waals surface area (Å²) in [5.41, 5.74) is 8.39. The van der Waals surface area contributed by atoms with Crippen molar-refractivity contribution in [3.05, 3.63) is 23.8 Å². The molecule has 84 valence electrons. The Balaban J connectivity index is 1.81. The van der Waals surface area contributed by atoms with E-state index in [2.05, 4.69) is 35.4 Å². The van der Waals surface area contributed by atoms with Gasteiger partial charge in [0.15, 0.2) is 5.13 Å². The van der Waals surface area contributed by atoms with Gasteiger partial charge in [-0.3, -0.25) is 0 Å². The predicted octanol–water partition coefficient (Wildman–Crippen LogP) is 2.52. The van der Waals surface area contributed by atoms with E-state index >= 15 is 0 Å². The van der Waals surface area contributed by atoms with Gasteiger partial charge >= 0.3 is 0 Å². The highest BCUT2D eigenvalue weighted by Crippen LogP contribution is 2.34. The second-order valence-electron chi connectivity index (χ2n) is 4.77. The highest BCUT2D eigenvalue weighted by atomic mass is 32.1. The Morgan fingerprint density at radius 1 is 1.50 bits per heavy atom. The average molecular weight is 233 g/mol. The number of hydrogen-bond donors (Lipinski definition) is 2. The van der Waals surface area contributed by atoms with Gasteiger partial charge < -0.3 is 11.1 Å². The molecule has 1 aliphatic rings. The van der Waals surface area contributed by atoms with Gasteiger partial charge in [-0.25, -0.2) is 4.98 Å². The van der Waals surface area contributed by atoms with Crippen LogP contribution in [0.3, 0.4) is 0 Å². The van der Waals surface area contributed by atoms with Crippen LogP contribution in [-0.4, -0.2) is 10.5 Å². The zero-order valence-electron chi connectivity index (χ0n) is 9.29. The van der Waals surface area contributed by atoms with Gasteiger partial charge in [-0.15, -0.1) is 0 Å². The largest absolute Gasteiger partial charge is 0.375 e. The van der Waals surface area contributed by atoms with E-state index < -0.39 is 0 Å². The van der Waals surface area contributed by atoms with E-state index in [1.807, 2.05) is 0 Å². The number of anilines is 1. The maximum absolute atomic E-state index is 5.69. The number of rotatable bonds is 3. The SMILES string of the molecule is CC1(NCc2ccc3nc(N)sc3c2)CC1.